The zero-order chi connectivity index (χ0) is 12.3. The molecule has 0 aromatic carbocycles. The molecule has 5 nitrogen and oxygen atoms in total. The van der Waals surface area contributed by atoms with Gasteiger partial charge in [-0.1, -0.05) is 11.6 Å². The molecule has 1 aromatic rings. The normalized spacial score (nSPS) is 10.8. The van der Waals surface area contributed by atoms with Gasteiger partial charge in [0.15, 0.2) is 0 Å². The summed E-state index contributed by atoms with van der Waals surface area (Å²) >= 11 is 5.77. The summed E-state index contributed by atoms with van der Waals surface area (Å²) in [6.07, 6.45) is 2.54. The molecule has 0 amide bonds. The Morgan fingerprint density at radius 2 is 2.12 bits per heavy atom. The first-order valence-electron chi connectivity index (χ1n) is 4.72. The predicted octanol–water partition coefficient (Wildman–Crippen LogP) is 1.40. The Morgan fingerprint density at radius 1 is 1.53 bits per heavy atom. The second-order valence-electron chi connectivity index (χ2n) is 3.27. The van der Waals surface area contributed by atoms with Crippen molar-refractivity contribution in [3.8, 4) is 0 Å². The highest BCUT2D eigenvalue weighted by Crippen LogP contribution is 2.22. The minimum absolute atomic E-state index is 0. The Balaban J connectivity index is 0.00000256. The minimum Gasteiger partial charge on any atom is -0.326 e. The van der Waals surface area contributed by atoms with Gasteiger partial charge in [-0.15, -0.1) is 12.4 Å². The number of pyridine rings is 1. The van der Waals surface area contributed by atoms with Crippen LogP contribution in [0.4, 0.5) is 5.82 Å². The second-order valence-corrected chi connectivity index (χ2v) is 5.61. The number of nitrogens with zero attached hydrogens (tertiary/aromatic N) is 2. The minimum atomic E-state index is -3.34. The Kier molecular flexibility index (Phi) is 6.18. The number of rotatable bonds is 4. The highest BCUT2D eigenvalue weighted by Gasteiger charge is 2.19. The van der Waals surface area contributed by atoms with Gasteiger partial charge in [-0.05, 0) is 13.0 Å². The fraction of sp³-hybridized carbons (Fsp3) is 0.444. The van der Waals surface area contributed by atoms with Gasteiger partial charge in [-0.3, -0.25) is 4.31 Å². The molecule has 0 aliphatic rings. The number of nitrogens with two attached hydrogens (primary N) is 1. The van der Waals surface area contributed by atoms with E-state index in [2.05, 4.69) is 4.98 Å². The van der Waals surface area contributed by atoms with E-state index < -0.39 is 10.0 Å². The molecule has 8 heteroatoms. The molecule has 0 saturated heterocycles. The number of hydrogen-bond donors (Lipinski definition) is 1. The lowest BCUT2D eigenvalue weighted by Gasteiger charge is -2.21. The van der Waals surface area contributed by atoms with Gasteiger partial charge in [0.2, 0.25) is 10.0 Å². The molecule has 0 spiro atoms. The van der Waals surface area contributed by atoms with Gasteiger partial charge in [0, 0.05) is 24.8 Å². The van der Waals surface area contributed by atoms with Crippen molar-refractivity contribution in [3.05, 3.63) is 22.8 Å². The van der Waals surface area contributed by atoms with Crippen LogP contribution in [0.25, 0.3) is 0 Å². The number of hydrogen-bond acceptors (Lipinski definition) is 4. The lowest BCUT2D eigenvalue weighted by Crippen LogP contribution is -2.31. The summed E-state index contributed by atoms with van der Waals surface area (Å²) in [6, 6.07) is 1.62. The van der Waals surface area contributed by atoms with Crippen LogP contribution >= 0.6 is 24.0 Å². The zero-order valence-corrected chi connectivity index (χ0v) is 11.9. The molecule has 0 aliphatic carbocycles. The molecular weight excluding hydrogens is 285 g/mol. The summed E-state index contributed by atoms with van der Waals surface area (Å²) in [7, 11) is -3.34. The summed E-state index contributed by atoms with van der Waals surface area (Å²) < 4.78 is 24.3. The Labute approximate surface area is 112 Å². The molecule has 0 radical (unpaired) electrons. The molecule has 0 fully saturated rings. The van der Waals surface area contributed by atoms with Gasteiger partial charge < -0.3 is 5.73 Å². The fourth-order valence-corrected chi connectivity index (χ4v) is 2.52. The predicted molar refractivity (Wildman–Crippen MR) is 72.3 cm³/mol. The number of aromatic nitrogens is 1. The topological polar surface area (TPSA) is 76.3 Å². The van der Waals surface area contributed by atoms with E-state index in [0.29, 0.717) is 22.9 Å². The first-order chi connectivity index (χ1) is 7.40. The van der Waals surface area contributed by atoms with Gasteiger partial charge in [-0.2, -0.15) is 0 Å². The number of sulfonamides is 1. The quantitative estimate of drug-likeness (QED) is 0.912. The first kappa shape index (κ1) is 16.4. The Bertz CT molecular complexity index is 479. The Hall–Kier alpha value is -0.560. The van der Waals surface area contributed by atoms with Gasteiger partial charge in [0.05, 0.1) is 11.3 Å². The van der Waals surface area contributed by atoms with Crippen LogP contribution in [-0.4, -0.2) is 26.2 Å². The average molecular weight is 300 g/mol. The van der Waals surface area contributed by atoms with E-state index in [9.17, 15) is 8.42 Å². The maximum atomic E-state index is 11.5. The summed E-state index contributed by atoms with van der Waals surface area (Å²) in [4.78, 5) is 4.02. The van der Waals surface area contributed by atoms with Crippen LogP contribution < -0.4 is 10.0 Å². The monoisotopic (exact) mass is 299 g/mol. The summed E-state index contributed by atoms with van der Waals surface area (Å²) in [5.74, 6) is 0.344. The van der Waals surface area contributed by atoms with E-state index in [1.165, 1.54) is 10.5 Å². The van der Waals surface area contributed by atoms with Crippen LogP contribution in [-0.2, 0) is 16.6 Å². The van der Waals surface area contributed by atoms with Crippen molar-refractivity contribution in [2.75, 3.05) is 17.1 Å². The second kappa shape index (κ2) is 6.39. The lowest BCUT2D eigenvalue weighted by molar-refractivity contribution is 0.597. The van der Waals surface area contributed by atoms with Crippen LogP contribution in [0.15, 0.2) is 12.3 Å². The van der Waals surface area contributed by atoms with E-state index >= 15 is 0 Å². The molecular formula is C9H15Cl2N3O2S. The highest BCUT2D eigenvalue weighted by molar-refractivity contribution is 7.92. The summed E-state index contributed by atoms with van der Waals surface area (Å²) in [5, 5.41) is 0.439. The maximum Gasteiger partial charge on any atom is 0.233 e. The lowest BCUT2D eigenvalue weighted by atomic mass is 10.2. The third kappa shape index (κ3) is 3.99. The maximum absolute atomic E-state index is 11.5. The summed E-state index contributed by atoms with van der Waals surface area (Å²) in [6.45, 7) is 2.23. The van der Waals surface area contributed by atoms with E-state index in [4.69, 9.17) is 17.3 Å². The van der Waals surface area contributed by atoms with Crippen molar-refractivity contribution >= 4 is 39.8 Å². The molecule has 1 aromatic heterocycles. The third-order valence-electron chi connectivity index (χ3n) is 2.05. The van der Waals surface area contributed by atoms with Crippen LogP contribution in [0.2, 0.25) is 5.02 Å². The van der Waals surface area contributed by atoms with Gasteiger partial charge in [0.1, 0.15) is 5.82 Å². The molecule has 0 atom stereocenters. The van der Waals surface area contributed by atoms with Crippen molar-refractivity contribution in [1.29, 1.82) is 0 Å². The SMILES string of the molecule is CCN(c1ncc(Cl)cc1CN)S(C)(=O)=O.Cl. The molecule has 0 aliphatic heterocycles. The molecule has 0 unspecified atom stereocenters. The standard InChI is InChI=1S/C9H14ClN3O2S.ClH/c1-3-13(16(2,14)15)9-7(5-11)4-8(10)6-12-9;/h4,6H,3,5,11H2,1-2H3;1H. The van der Waals surface area contributed by atoms with Crippen LogP contribution in [0, 0.1) is 0 Å². The van der Waals surface area contributed by atoms with Crippen molar-refractivity contribution in [2.45, 2.75) is 13.5 Å². The van der Waals surface area contributed by atoms with E-state index in [-0.39, 0.29) is 19.0 Å². The van der Waals surface area contributed by atoms with E-state index in [1.54, 1.807) is 13.0 Å². The van der Waals surface area contributed by atoms with E-state index in [0.717, 1.165) is 6.26 Å². The Morgan fingerprint density at radius 3 is 2.53 bits per heavy atom. The van der Waals surface area contributed by atoms with Crippen LogP contribution in [0.5, 0.6) is 0 Å². The van der Waals surface area contributed by atoms with Crippen molar-refractivity contribution < 1.29 is 8.42 Å². The van der Waals surface area contributed by atoms with Crippen LogP contribution in [0.1, 0.15) is 12.5 Å². The largest absolute Gasteiger partial charge is 0.326 e. The number of halogens is 2. The molecule has 17 heavy (non-hydrogen) atoms. The van der Waals surface area contributed by atoms with Crippen molar-refractivity contribution in [2.24, 2.45) is 5.73 Å². The molecule has 0 saturated carbocycles. The van der Waals surface area contributed by atoms with Gasteiger partial charge in [-0.25, -0.2) is 13.4 Å². The molecule has 1 heterocycles. The van der Waals surface area contributed by atoms with E-state index in [1.807, 2.05) is 0 Å². The fourth-order valence-electron chi connectivity index (χ4n) is 1.39. The molecule has 0 bridgehead atoms. The van der Waals surface area contributed by atoms with Gasteiger partial charge in [0.25, 0.3) is 0 Å². The molecule has 1 rings (SSSR count). The summed E-state index contributed by atoms with van der Waals surface area (Å²) in [5.41, 5.74) is 6.15. The van der Waals surface area contributed by atoms with Crippen molar-refractivity contribution in [1.82, 2.24) is 4.98 Å². The highest BCUT2D eigenvalue weighted by atomic mass is 35.5. The smallest absolute Gasteiger partial charge is 0.233 e. The average Bonchev–Trinajstić information content (AvgIpc) is 2.19. The van der Waals surface area contributed by atoms with Gasteiger partial charge >= 0.3 is 0 Å². The third-order valence-corrected chi connectivity index (χ3v) is 3.49. The number of anilines is 1. The molecule has 98 valence electrons. The zero-order valence-electron chi connectivity index (χ0n) is 9.55. The van der Waals surface area contributed by atoms with Crippen molar-refractivity contribution in [3.63, 3.8) is 0 Å². The first-order valence-corrected chi connectivity index (χ1v) is 6.95. The molecule has 2 N–H and O–H groups in total. The van der Waals surface area contributed by atoms with Crippen LogP contribution in [0.3, 0.4) is 0 Å².